The van der Waals surface area contributed by atoms with Crippen LogP contribution in [0.15, 0.2) is 54.7 Å². The van der Waals surface area contributed by atoms with Gasteiger partial charge in [0.2, 0.25) is 5.91 Å². The average molecular weight is 552 g/mol. The number of hydrogen-bond acceptors (Lipinski definition) is 10. The van der Waals surface area contributed by atoms with E-state index < -0.39 is 27.7 Å². The minimum Gasteiger partial charge on any atom is -0.459 e. The van der Waals surface area contributed by atoms with Crippen LogP contribution in [0.5, 0.6) is 0 Å². The van der Waals surface area contributed by atoms with Crippen molar-refractivity contribution in [3.63, 3.8) is 0 Å². The molecule has 2 aliphatic heterocycles. The summed E-state index contributed by atoms with van der Waals surface area (Å²) in [4.78, 5) is 51.3. The minimum absolute atomic E-state index is 0.0327. The lowest BCUT2D eigenvalue weighted by molar-refractivity contribution is -0.384. The molecule has 0 spiro atoms. The number of nitrogens with zero attached hydrogens (tertiary/aromatic N) is 5. The highest BCUT2D eigenvalue weighted by molar-refractivity contribution is 8.01. The molecule has 0 N–H and O–H groups in total. The molecule has 0 aliphatic carbocycles. The van der Waals surface area contributed by atoms with Gasteiger partial charge in [-0.3, -0.25) is 14.9 Å². The number of nitro groups is 1. The summed E-state index contributed by atoms with van der Waals surface area (Å²) in [6, 6.07) is 12.4. The Hall–Kier alpha value is -4.26. The van der Waals surface area contributed by atoms with E-state index in [-0.39, 0.29) is 42.4 Å². The first-order valence-electron chi connectivity index (χ1n) is 12.1. The van der Waals surface area contributed by atoms with Crippen molar-refractivity contribution < 1.29 is 28.8 Å². The largest absolute Gasteiger partial charge is 0.459 e. The number of rotatable bonds is 9. The number of ether oxygens (including phenoxy) is 2. The van der Waals surface area contributed by atoms with Gasteiger partial charge < -0.3 is 14.4 Å². The van der Waals surface area contributed by atoms with E-state index in [2.05, 4.69) is 10.2 Å². The number of aromatic nitrogens is 3. The summed E-state index contributed by atoms with van der Waals surface area (Å²) < 4.78 is 10.1. The number of β-lactam (4-membered cyclic amide) rings is 1. The SMILES string of the molecule is Cc1ccc(COC(=O)c2cnn(C[C@]3(C)S[C@H]4CC(=O)N4[C@H]3C(=O)OCc3ccc([N+](=O)[O-])cc3)n2)cc1. The van der Waals surface area contributed by atoms with Crippen molar-refractivity contribution >= 4 is 35.3 Å². The first-order valence-corrected chi connectivity index (χ1v) is 13.0. The molecule has 39 heavy (non-hydrogen) atoms. The second-order valence-electron chi connectivity index (χ2n) is 9.65. The predicted molar refractivity (Wildman–Crippen MR) is 138 cm³/mol. The Kier molecular flexibility index (Phi) is 7.08. The molecule has 2 saturated heterocycles. The first kappa shape index (κ1) is 26.4. The van der Waals surface area contributed by atoms with Gasteiger partial charge >= 0.3 is 11.9 Å². The predicted octanol–water partition coefficient (Wildman–Crippen LogP) is 3.03. The standard InChI is InChI=1S/C26H25N5O7S/c1-16-3-5-17(6-4-16)13-37-24(33)20-12-27-29(28-20)15-26(2)23(30-21(32)11-22(30)39-26)25(34)38-14-18-7-9-19(10-8-18)31(35)36/h3-10,12,22-23H,11,13-15H2,1-2H3/t22-,23-,26-/m0/s1. The lowest BCUT2D eigenvalue weighted by Gasteiger charge is -2.37. The van der Waals surface area contributed by atoms with Gasteiger partial charge in [-0.15, -0.1) is 16.9 Å². The monoisotopic (exact) mass is 551 g/mol. The molecule has 3 atom stereocenters. The van der Waals surface area contributed by atoms with E-state index in [1.165, 1.54) is 51.9 Å². The lowest BCUT2D eigenvalue weighted by atomic mass is 9.96. The third-order valence-electron chi connectivity index (χ3n) is 6.65. The molecule has 202 valence electrons. The number of nitro benzene ring substituents is 1. The first-order chi connectivity index (χ1) is 18.6. The van der Waals surface area contributed by atoms with Gasteiger partial charge in [0.25, 0.3) is 5.69 Å². The van der Waals surface area contributed by atoms with Crippen molar-refractivity contribution in [1.82, 2.24) is 19.9 Å². The number of hydrogen-bond donors (Lipinski definition) is 0. The van der Waals surface area contributed by atoms with E-state index in [4.69, 9.17) is 9.47 Å². The number of aryl methyl sites for hydroxylation is 1. The van der Waals surface area contributed by atoms with Crippen molar-refractivity contribution in [3.05, 3.63) is 87.2 Å². The zero-order valence-corrected chi connectivity index (χ0v) is 22.0. The molecule has 0 saturated carbocycles. The molecular formula is C26H25N5O7S. The molecule has 3 aromatic rings. The molecule has 2 fully saturated rings. The van der Waals surface area contributed by atoms with Crippen molar-refractivity contribution in [1.29, 1.82) is 0 Å². The lowest BCUT2D eigenvalue weighted by Crippen LogP contribution is -2.58. The minimum atomic E-state index is -0.894. The van der Waals surface area contributed by atoms with Crippen LogP contribution in [0.2, 0.25) is 0 Å². The van der Waals surface area contributed by atoms with Gasteiger partial charge in [0.05, 0.1) is 34.2 Å². The van der Waals surface area contributed by atoms with Crippen molar-refractivity contribution in [3.8, 4) is 0 Å². The van der Waals surface area contributed by atoms with Gasteiger partial charge in [0.15, 0.2) is 5.69 Å². The molecule has 5 rings (SSSR count). The van der Waals surface area contributed by atoms with Crippen molar-refractivity contribution in [2.24, 2.45) is 0 Å². The van der Waals surface area contributed by atoms with Crippen LogP contribution in [0.4, 0.5) is 5.69 Å². The van der Waals surface area contributed by atoms with E-state index in [0.29, 0.717) is 12.0 Å². The van der Waals surface area contributed by atoms with Gasteiger partial charge in [0, 0.05) is 12.1 Å². The maximum absolute atomic E-state index is 13.2. The van der Waals surface area contributed by atoms with Crippen molar-refractivity contribution in [2.45, 2.75) is 56.2 Å². The molecule has 0 bridgehead atoms. The number of carbonyl (C=O) groups is 3. The third kappa shape index (κ3) is 5.48. The van der Waals surface area contributed by atoms with Gasteiger partial charge in [-0.2, -0.15) is 9.90 Å². The summed E-state index contributed by atoms with van der Waals surface area (Å²) in [7, 11) is 0. The fourth-order valence-electron chi connectivity index (χ4n) is 4.57. The van der Waals surface area contributed by atoms with Crippen molar-refractivity contribution in [2.75, 3.05) is 0 Å². The average Bonchev–Trinajstić information content (AvgIpc) is 3.46. The number of carbonyl (C=O) groups excluding carboxylic acids is 3. The van der Waals surface area contributed by atoms with E-state index in [9.17, 15) is 24.5 Å². The number of amides is 1. The molecule has 12 nitrogen and oxygen atoms in total. The van der Waals surface area contributed by atoms with Gasteiger partial charge in [-0.1, -0.05) is 29.8 Å². The highest BCUT2D eigenvalue weighted by Crippen LogP contribution is 2.51. The van der Waals surface area contributed by atoms with Gasteiger partial charge in [0.1, 0.15) is 19.3 Å². The topological polar surface area (TPSA) is 147 Å². The molecule has 2 aromatic carbocycles. The van der Waals surface area contributed by atoms with Crippen LogP contribution in [0.1, 0.15) is 40.5 Å². The Bertz CT molecular complexity index is 1430. The summed E-state index contributed by atoms with van der Waals surface area (Å²) in [6.07, 6.45) is 1.62. The van der Waals surface area contributed by atoms with E-state index in [0.717, 1.165) is 11.1 Å². The number of thioether (sulfide) groups is 1. The molecule has 0 radical (unpaired) electrons. The van der Waals surface area contributed by atoms with E-state index in [1.54, 1.807) is 0 Å². The molecule has 2 aliphatic rings. The summed E-state index contributed by atoms with van der Waals surface area (Å²) in [5.74, 6) is -1.37. The van der Waals surface area contributed by atoms with Crippen LogP contribution >= 0.6 is 11.8 Å². The van der Waals surface area contributed by atoms with Crippen LogP contribution < -0.4 is 0 Å². The summed E-state index contributed by atoms with van der Waals surface area (Å²) in [5.41, 5.74) is 2.50. The number of fused-ring (bicyclic) bond motifs is 1. The Labute approximate surface area is 227 Å². The Morgan fingerprint density at radius 2 is 1.74 bits per heavy atom. The quantitative estimate of drug-likeness (QED) is 0.168. The van der Waals surface area contributed by atoms with Crippen LogP contribution in [0, 0.1) is 17.0 Å². The maximum atomic E-state index is 13.2. The zero-order chi connectivity index (χ0) is 27.7. The normalized spacial score (nSPS) is 21.7. The fraction of sp³-hybridized carbons (Fsp3) is 0.346. The fourth-order valence-corrected chi connectivity index (χ4v) is 6.30. The third-order valence-corrected chi connectivity index (χ3v) is 8.21. The zero-order valence-electron chi connectivity index (χ0n) is 21.2. The Morgan fingerprint density at radius 1 is 1.10 bits per heavy atom. The summed E-state index contributed by atoms with van der Waals surface area (Å²) in [6.45, 7) is 3.94. The Morgan fingerprint density at radius 3 is 2.38 bits per heavy atom. The molecule has 1 amide bonds. The highest BCUT2D eigenvalue weighted by atomic mass is 32.2. The smallest absolute Gasteiger partial charge is 0.360 e. The molecular weight excluding hydrogens is 526 g/mol. The summed E-state index contributed by atoms with van der Waals surface area (Å²) in [5, 5.41) is 19.1. The highest BCUT2D eigenvalue weighted by Gasteiger charge is 2.61. The van der Waals surface area contributed by atoms with Gasteiger partial charge in [-0.05, 0) is 37.1 Å². The van der Waals surface area contributed by atoms with E-state index >= 15 is 0 Å². The number of benzene rings is 2. The Balaban J connectivity index is 1.24. The second-order valence-corrected chi connectivity index (χ2v) is 11.4. The van der Waals surface area contributed by atoms with Crippen LogP contribution in [0.3, 0.4) is 0 Å². The maximum Gasteiger partial charge on any atom is 0.360 e. The second kappa shape index (κ2) is 10.5. The summed E-state index contributed by atoms with van der Waals surface area (Å²) >= 11 is 1.46. The number of esters is 2. The molecule has 13 heteroatoms. The number of non-ortho nitro benzene ring substituents is 1. The van der Waals surface area contributed by atoms with Crippen LogP contribution in [-0.4, -0.2) is 58.8 Å². The van der Waals surface area contributed by atoms with Gasteiger partial charge in [-0.25, -0.2) is 9.59 Å². The van der Waals surface area contributed by atoms with Crippen LogP contribution in [-0.2, 0) is 38.8 Å². The molecule has 3 heterocycles. The molecule has 0 unspecified atom stereocenters. The molecule has 1 aromatic heterocycles. The van der Waals surface area contributed by atoms with E-state index in [1.807, 2.05) is 38.1 Å². The van der Waals surface area contributed by atoms with Crippen LogP contribution in [0.25, 0.3) is 0 Å².